The zero-order valence-corrected chi connectivity index (χ0v) is 11.6. The topological polar surface area (TPSA) is 59.5 Å². The molecule has 102 valence electrons. The van der Waals surface area contributed by atoms with Crippen molar-refractivity contribution in [1.29, 1.82) is 0 Å². The summed E-state index contributed by atoms with van der Waals surface area (Å²) in [5.74, 6) is 1.02. The molecule has 0 bridgehead atoms. The summed E-state index contributed by atoms with van der Waals surface area (Å²) in [7, 11) is 0. The van der Waals surface area contributed by atoms with E-state index in [-0.39, 0.29) is 11.9 Å². The molecule has 1 aromatic heterocycles. The summed E-state index contributed by atoms with van der Waals surface area (Å²) >= 11 is 0. The van der Waals surface area contributed by atoms with E-state index in [4.69, 9.17) is 10.2 Å². The van der Waals surface area contributed by atoms with Crippen LogP contribution in [0.1, 0.15) is 56.3 Å². The predicted octanol–water partition coefficient (Wildman–Crippen LogP) is 2.78. The molecule has 1 aromatic rings. The Morgan fingerprint density at radius 2 is 2.17 bits per heavy atom. The Hall–Kier alpha value is -1.29. The van der Waals surface area contributed by atoms with Gasteiger partial charge in [-0.25, -0.2) is 0 Å². The molecule has 4 nitrogen and oxygen atoms in total. The summed E-state index contributed by atoms with van der Waals surface area (Å²) in [5, 5.41) is 0. The lowest BCUT2D eigenvalue weighted by Crippen LogP contribution is -2.38. The monoisotopic (exact) mass is 252 g/mol. The Kier molecular flexibility index (Phi) is 5.92. The first-order valence-electron chi connectivity index (χ1n) is 6.73. The van der Waals surface area contributed by atoms with Crippen LogP contribution in [0.25, 0.3) is 0 Å². The highest BCUT2D eigenvalue weighted by molar-refractivity contribution is 5.91. The van der Waals surface area contributed by atoms with Crippen molar-refractivity contribution < 1.29 is 9.21 Å². The van der Waals surface area contributed by atoms with Gasteiger partial charge in [-0.05, 0) is 31.9 Å². The van der Waals surface area contributed by atoms with Crippen LogP contribution in [0.2, 0.25) is 0 Å². The number of unbranched alkanes of at least 4 members (excludes halogenated alkanes) is 1. The number of hydrogen-bond donors (Lipinski definition) is 1. The van der Waals surface area contributed by atoms with E-state index >= 15 is 0 Å². The van der Waals surface area contributed by atoms with E-state index in [1.807, 2.05) is 4.90 Å². The van der Waals surface area contributed by atoms with Crippen LogP contribution in [0.15, 0.2) is 16.5 Å². The molecule has 0 saturated heterocycles. The lowest BCUT2D eigenvalue weighted by Gasteiger charge is -2.27. The second-order valence-corrected chi connectivity index (χ2v) is 4.58. The van der Waals surface area contributed by atoms with Gasteiger partial charge < -0.3 is 15.1 Å². The number of carbonyl (C=O) groups excluding carboxylic acids is 1. The van der Waals surface area contributed by atoms with Gasteiger partial charge in [0.25, 0.3) is 5.91 Å². The Morgan fingerprint density at radius 3 is 2.67 bits per heavy atom. The van der Waals surface area contributed by atoms with Crippen LogP contribution in [0.5, 0.6) is 0 Å². The van der Waals surface area contributed by atoms with Crippen molar-refractivity contribution in [3.8, 4) is 0 Å². The van der Waals surface area contributed by atoms with Crippen LogP contribution in [-0.2, 0) is 6.54 Å². The van der Waals surface area contributed by atoms with Gasteiger partial charge in [-0.15, -0.1) is 0 Å². The van der Waals surface area contributed by atoms with Crippen LogP contribution < -0.4 is 5.73 Å². The van der Waals surface area contributed by atoms with E-state index in [0.29, 0.717) is 18.1 Å². The highest BCUT2D eigenvalue weighted by Crippen LogP contribution is 2.14. The fraction of sp³-hybridized carbons (Fsp3) is 0.643. The third kappa shape index (κ3) is 3.60. The van der Waals surface area contributed by atoms with E-state index in [2.05, 4.69) is 20.8 Å². The maximum absolute atomic E-state index is 12.4. The van der Waals surface area contributed by atoms with Crippen LogP contribution in [-0.4, -0.2) is 23.4 Å². The molecule has 2 N–H and O–H groups in total. The van der Waals surface area contributed by atoms with Crippen LogP contribution in [0.3, 0.4) is 0 Å². The zero-order chi connectivity index (χ0) is 13.5. The quantitative estimate of drug-likeness (QED) is 0.811. The summed E-state index contributed by atoms with van der Waals surface area (Å²) in [6, 6.07) is 3.71. The maximum atomic E-state index is 12.4. The standard InChI is InChI=1S/C14H24N2O2/c1-4-6-9-16(11(3)5-2)14(17)13-8-7-12(10-15)18-13/h7-8,11H,4-6,9-10,15H2,1-3H3. The molecule has 0 aliphatic carbocycles. The number of nitrogens with zero attached hydrogens (tertiary/aromatic N) is 1. The molecular weight excluding hydrogens is 228 g/mol. The number of rotatable bonds is 7. The van der Waals surface area contributed by atoms with Gasteiger partial charge in [0.2, 0.25) is 0 Å². The number of carbonyl (C=O) groups is 1. The lowest BCUT2D eigenvalue weighted by atomic mass is 10.2. The first kappa shape index (κ1) is 14.8. The molecule has 0 aliphatic heterocycles. The lowest BCUT2D eigenvalue weighted by molar-refractivity contribution is 0.0651. The smallest absolute Gasteiger partial charge is 0.289 e. The average Bonchev–Trinajstić information content (AvgIpc) is 2.87. The molecule has 0 aliphatic rings. The molecule has 1 unspecified atom stereocenters. The summed E-state index contributed by atoms with van der Waals surface area (Å²) in [6.45, 7) is 7.39. The van der Waals surface area contributed by atoms with Crippen molar-refractivity contribution >= 4 is 5.91 Å². The number of amides is 1. The van der Waals surface area contributed by atoms with Crippen molar-refractivity contribution in [1.82, 2.24) is 4.90 Å². The molecule has 1 rings (SSSR count). The SMILES string of the molecule is CCCCN(C(=O)c1ccc(CN)o1)C(C)CC. The molecule has 0 aromatic carbocycles. The number of furan rings is 1. The van der Waals surface area contributed by atoms with E-state index in [9.17, 15) is 4.79 Å². The van der Waals surface area contributed by atoms with Crippen molar-refractivity contribution in [2.45, 2.75) is 52.6 Å². The number of hydrogen-bond acceptors (Lipinski definition) is 3. The van der Waals surface area contributed by atoms with E-state index in [0.717, 1.165) is 25.8 Å². The second kappa shape index (κ2) is 7.21. The molecule has 0 spiro atoms. The summed E-state index contributed by atoms with van der Waals surface area (Å²) in [6.07, 6.45) is 3.03. The highest BCUT2D eigenvalue weighted by atomic mass is 16.4. The van der Waals surface area contributed by atoms with Gasteiger partial charge in [0.15, 0.2) is 5.76 Å². The minimum atomic E-state index is -0.0301. The summed E-state index contributed by atoms with van der Waals surface area (Å²) in [4.78, 5) is 14.3. The zero-order valence-electron chi connectivity index (χ0n) is 11.6. The van der Waals surface area contributed by atoms with Crippen molar-refractivity contribution in [3.05, 3.63) is 23.7 Å². The minimum Gasteiger partial charge on any atom is -0.455 e. The van der Waals surface area contributed by atoms with Crippen molar-refractivity contribution in [2.24, 2.45) is 5.73 Å². The Labute approximate surface area is 109 Å². The van der Waals surface area contributed by atoms with Gasteiger partial charge in [-0.1, -0.05) is 20.3 Å². The van der Waals surface area contributed by atoms with Crippen molar-refractivity contribution in [3.63, 3.8) is 0 Å². The fourth-order valence-electron chi connectivity index (χ4n) is 1.82. The second-order valence-electron chi connectivity index (χ2n) is 4.58. The van der Waals surface area contributed by atoms with Crippen LogP contribution in [0, 0.1) is 0 Å². The maximum Gasteiger partial charge on any atom is 0.289 e. The van der Waals surface area contributed by atoms with Gasteiger partial charge in [0.05, 0.1) is 6.54 Å². The Bertz CT molecular complexity index is 374. The molecule has 1 atom stereocenters. The molecule has 0 saturated carbocycles. The number of nitrogens with two attached hydrogens (primary N) is 1. The van der Waals surface area contributed by atoms with Gasteiger partial charge >= 0.3 is 0 Å². The molecular formula is C14H24N2O2. The summed E-state index contributed by atoms with van der Waals surface area (Å²) in [5.41, 5.74) is 5.49. The third-order valence-corrected chi connectivity index (χ3v) is 3.21. The molecule has 4 heteroatoms. The van der Waals surface area contributed by atoms with E-state index in [1.54, 1.807) is 12.1 Å². The van der Waals surface area contributed by atoms with Gasteiger partial charge in [-0.3, -0.25) is 4.79 Å². The molecule has 1 amide bonds. The predicted molar refractivity (Wildman–Crippen MR) is 72.3 cm³/mol. The normalized spacial score (nSPS) is 12.4. The first-order valence-corrected chi connectivity index (χ1v) is 6.73. The highest BCUT2D eigenvalue weighted by Gasteiger charge is 2.22. The van der Waals surface area contributed by atoms with Crippen LogP contribution >= 0.6 is 0 Å². The van der Waals surface area contributed by atoms with E-state index in [1.165, 1.54) is 0 Å². The summed E-state index contributed by atoms with van der Waals surface area (Å²) < 4.78 is 5.43. The van der Waals surface area contributed by atoms with E-state index < -0.39 is 0 Å². The molecule has 1 heterocycles. The Morgan fingerprint density at radius 1 is 1.44 bits per heavy atom. The van der Waals surface area contributed by atoms with Crippen LogP contribution in [0.4, 0.5) is 0 Å². The Balaban J connectivity index is 2.80. The molecule has 18 heavy (non-hydrogen) atoms. The average molecular weight is 252 g/mol. The van der Waals surface area contributed by atoms with Gasteiger partial charge in [0, 0.05) is 12.6 Å². The largest absolute Gasteiger partial charge is 0.455 e. The van der Waals surface area contributed by atoms with Crippen molar-refractivity contribution in [2.75, 3.05) is 6.54 Å². The third-order valence-electron chi connectivity index (χ3n) is 3.21. The van der Waals surface area contributed by atoms with Gasteiger partial charge in [-0.2, -0.15) is 0 Å². The first-order chi connectivity index (χ1) is 8.63. The minimum absolute atomic E-state index is 0.0301. The fourth-order valence-corrected chi connectivity index (χ4v) is 1.82. The molecule has 0 fully saturated rings. The molecule has 0 radical (unpaired) electrons. The van der Waals surface area contributed by atoms with Gasteiger partial charge in [0.1, 0.15) is 5.76 Å².